The number of rotatable bonds is 4. The number of aromatic nitrogens is 3. The Bertz CT molecular complexity index is 1330. The van der Waals surface area contributed by atoms with Gasteiger partial charge in [-0.3, -0.25) is 4.90 Å². The number of methoxy groups -OCH3 is 2. The number of ether oxygens (including phenoxy) is 2. The molecule has 5 rings (SSSR count). The summed E-state index contributed by atoms with van der Waals surface area (Å²) in [4.78, 5) is 19.2. The van der Waals surface area contributed by atoms with Crippen molar-refractivity contribution in [2.75, 3.05) is 31.0 Å². The monoisotopic (exact) mass is 457 g/mol. The molecule has 34 heavy (non-hydrogen) atoms. The number of nitrogens with zero attached hydrogens (tertiary/aromatic N) is 4. The van der Waals surface area contributed by atoms with Crippen LogP contribution in [0.4, 0.5) is 16.3 Å². The summed E-state index contributed by atoms with van der Waals surface area (Å²) in [6.45, 7) is 0.320. The van der Waals surface area contributed by atoms with E-state index in [2.05, 4.69) is 15.4 Å². The molecule has 9 nitrogen and oxygen atoms in total. The van der Waals surface area contributed by atoms with Crippen molar-refractivity contribution < 1.29 is 19.4 Å². The number of hydrogen-bond donors (Lipinski definition) is 2. The smallest absolute Gasteiger partial charge is 0.327 e. The van der Waals surface area contributed by atoms with E-state index in [1.54, 1.807) is 55.6 Å². The topological polar surface area (TPSA) is 102 Å². The largest absolute Gasteiger partial charge is 0.497 e. The lowest BCUT2D eigenvalue weighted by atomic mass is 10.1. The van der Waals surface area contributed by atoms with Crippen LogP contribution in [0, 0.1) is 0 Å². The quantitative estimate of drug-likeness (QED) is 0.475. The normalized spacial score (nSPS) is 12.4. The summed E-state index contributed by atoms with van der Waals surface area (Å²) < 4.78 is 11.9. The molecule has 4 aromatic rings. The first-order valence-corrected chi connectivity index (χ1v) is 10.7. The minimum absolute atomic E-state index is 0.0346. The van der Waals surface area contributed by atoms with Crippen molar-refractivity contribution in [3.63, 3.8) is 0 Å². The second-order valence-corrected chi connectivity index (χ2v) is 7.70. The fourth-order valence-corrected chi connectivity index (χ4v) is 3.98. The molecule has 0 spiro atoms. The van der Waals surface area contributed by atoms with Gasteiger partial charge in [0.2, 0.25) is 5.88 Å². The lowest BCUT2D eigenvalue weighted by Gasteiger charge is -2.22. The average molecular weight is 457 g/mol. The number of carbonyl (C=O) groups is 1. The van der Waals surface area contributed by atoms with Gasteiger partial charge in [-0.15, -0.1) is 0 Å². The zero-order valence-corrected chi connectivity index (χ0v) is 18.7. The molecule has 2 aromatic heterocycles. The molecule has 1 aliphatic heterocycles. The van der Waals surface area contributed by atoms with Crippen molar-refractivity contribution in [3.05, 3.63) is 72.4 Å². The van der Waals surface area contributed by atoms with E-state index in [1.165, 1.54) is 4.68 Å². The summed E-state index contributed by atoms with van der Waals surface area (Å²) in [7, 11) is 3.19. The van der Waals surface area contributed by atoms with Gasteiger partial charge >= 0.3 is 6.03 Å². The first-order chi connectivity index (χ1) is 16.6. The van der Waals surface area contributed by atoms with Crippen molar-refractivity contribution in [2.24, 2.45) is 0 Å². The van der Waals surface area contributed by atoms with Gasteiger partial charge in [-0.1, -0.05) is 0 Å². The second kappa shape index (κ2) is 8.78. The molecule has 0 aliphatic carbocycles. The average Bonchev–Trinajstić information content (AvgIpc) is 3.11. The van der Waals surface area contributed by atoms with Gasteiger partial charge in [0.25, 0.3) is 0 Å². The highest BCUT2D eigenvalue weighted by molar-refractivity contribution is 6.03. The van der Waals surface area contributed by atoms with Crippen molar-refractivity contribution in [2.45, 2.75) is 6.42 Å². The Kier molecular flexibility index (Phi) is 5.51. The Morgan fingerprint density at radius 2 is 1.68 bits per heavy atom. The number of pyridine rings is 1. The van der Waals surface area contributed by atoms with E-state index in [0.717, 1.165) is 0 Å². The number of amides is 2. The number of aromatic hydroxyl groups is 1. The van der Waals surface area contributed by atoms with Crippen LogP contribution in [0.15, 0.2) is 66.9 Å². The Hall–Kier alpha value is -4.53. The van der Waals surface area contributed by atoms with E-state index in [0.29, 0.717) is 58.5 Å². The van der Waals surface area contributed by atoms with E-state index in [9.17, 15) is 9.90 Å². The molecule has 2 N–H and O–H groups in total. The lowest BCUT2D eigenvalue weighted by Crippen LogP contribution is -2.36. The van der Waals surface area contributed by atoms with E-state index >= 15 is 0 Å². The Labute approximate surface area is 196 Å². The number of benzene rings is 2. The van der Waals surface area contributed by atoms with E-state index in [4.69, 9.17) is 9.47 Å². The minimum atomic E-state index is -0.321. The maximum Gasteiger partial charge on any atom is 0.327 e. The maximum absolute atomic E-state index is 13.2. The van der Waals surface area contributed by atoms with Crippen LogP contribution in [0.3, 0.4) is 0 Å². The molecule has 172 valence electrons. The SMILES string of the molecule is COc1ccc(NC(=O)N2CCc3c(nn(-c4ccc(OC)cc4)c3O)-c3cccnc32)cc1. The molecule has 0 bridgehead atoms. The highest BCUT2D eigenvalue weighted by Gasteiger charge is 2.30. The summed E-state index contributed by atoms with van der Waals surface area (Å²) in [5.41, 5.74) is 3.26. The summed E-state index contributed by atoms with van der Waals surface area (Å²) in [5.74, 6) is 1.93. The van der Waals surface area contributed by atoms with Crippen LogP contribution >= 0.6 is 0 Å². The van der Waals surface area contributed by atoms with Crippen LogP contribution in [0.5, 0.6) is 17.4 Å². The highest BCUT2D eigenvalue weighted by Crippen LogP contribution is 2.39. The molecular formula is C25H23N5O4. The van der Waals surface area contributed by atoms with E-state index < -0.39 is 0 Å². The number of carbonyl (C=O) groups excluding carboxylic acids is 1. The second-order valence-electron chi connectivity index (χ2n) is 7.70. The van der Waals surface area contributed by atoms with Gasteiger partial charge in [0, 0.05) is 29.6 Å². The third-order valence-corrected chi connectivity index (χ3v) is 5.74. The molecule has 3 heterocycles. The third-order valence-electron chi connectivity index (χ3n) is 5.74. The predicted molar refractivity (Wildman–Crippen MR) is 128 cm³/mol. The van der Waals surface area contributed by atoms with Crippen LogP contribution in [0.2, 0.25) is 0 Å². The molecule has 2 aromatic carbocycles. The molecule has 1 aliphatic rings. The third kappa shape index (κ3) is 3.77. The van der Waals surface area contributed by atoms with Gasteiger partial charge < -0.3 is 19.9 Å². The number of fused-ring (bicyclic) bond motifs is 3. The van der Waals surface area contributed by atoms with Crippen LogP contribution < -0.4 is 19.7 Å². The predicted octanol–water partition coefficient (Wildman–Crippen LogP) is 4.25. The maximum atomic E-state index is 13.2. The molecule has 0 saturated heterocycles. The van der Waals surface area contributed by atoms with Crippen molar-refractivity contribution >= 4 is 17.5 Å². The Morgan fingerprint density at radius 1 is 1.00 bits per heavy atom. The van der Waals surface area contributed by atoms with Gasteiger partial charge in [-0.05, 0) is 67.1 Å². The number of nitrogens with one attached hydrogen (secondary N) is 1. The fourth-order valence-electron chi connectivity index (χ4n) is 3.98. The Morgan fingerprint density at radius 3 is 2.35 bits per heavy atom. The van der Waals surface area contributed by atoms with Gasteiger partial charge in [-0.2, -0.15) is 5.10 Å². The van der Waals surface area contributed by atoms with Crippen LogP contribution in [0.25, 0.3) is 16.9 Å². The molecule has 9 heteroatoms. The first kappa shape index (κ1) is 21.3. The van der Waals surface area contributed by atoms with Crippen molar-refractivity contribution in [1.82, 2.24) is 14.8 Å². The van der Waals surface area contributed by atoms with Gasteiger partial charge in [0.1, 0.15) is 23.0 Å². The zero-order valence-electron chi connectivity index (χ0n) is 18.7. The summed E-state index contributed by atoms with van der Waals surface area (Å²) in [6.07, 6.45) is 2.04. The van der Waals surface area contributed by atoms with Gasteiger partial charge in [-0.25, -0.2) is 14.5 Å². The summed E-state index contributed by atoms with van der Waals surface area (Å²) in [6, 6.07) is 17.7. The molecule has 0 unspecified atom stereocenters. The summed E-state index contributed by atoms with van der Waals surface area (Å²) in [5, 5.41) is 18.6. The number of anilines is 2. The lowest BCUT2D eigenvalue weighted by molar-refractivity contribution is 0.257. The zero-order chi connectivity index (χ0) is 23.7. The minimum Gasteiger partial charge on any atom is -0.497 e. The van der Waals surface area contributed by atoms with Gasteiger partial charge in [0.05, 0.1) is 19.9 Å². The van der Waals surface area contributed by atoms with Crippen molar-refractivity contribution in [1.29, 1.82) is 0 Å². The highest BCUT2D eigenvalue weighted by atomic mass is 16.5. The first-order valence-electron chi connectivity index (χ1n) is 10.7. The van der Waals surface area contributed by atoms with Gasteiger partial charge in [0.15, 0.2) is 0 Å². The molecule has 0 saturated carbocycles. The molecule has 0 radical (unpaired) electrons. The fraction of sp³-hybridized carbons (Fsp3) is 0.160. The molecule has 2 amide bonds. The number of hydrogen-bond acceptors (Lipinski definition) is 6. The standard InChI is InChI=1S/C25H23N5O4/c1-33-18-9-5-16(6-10-18)27-25(32)29-15-13-21-22(20-4-3-14-26-23(20)29)28-30(24(21)31)17-7-11-19(34-2)12-8-17/h3-12,14,31H,13,15H2,1-2H3,(H,27,32). The molecular weight excluding hydrogens is 434 g/mol. The van der Waals surface area contributed by atoms with Crippen LogP contribution in [0.1, 0.15) is 5.56 Å². The Balaban J connectivity index is 1.49. The number of urea groups is 1. The molecule has 0 fully saturated rings. The summed E-state index contributed by atoms with van der Waals surface area (Å²) >= 11 is 0. The van der Waals surface area contributed by atoms with Crippen LogP contribution in [-0.4, -0.2) is 46.7 Å². The molecule has 0 atom stereocenters. The van der Waals surface area contributed by atoms with E-state index in [1.807, 2.05) is 30.3 Å². The van der Waals surface area contributed by atoms with E-state index in [-0.39, 0.29) is 11.9 Å². The van der Waals surface area contributed by atoms with Crippen LogP contribution in [-0.2, 0) is 6.42 Å². The van der Waals surface area contributed by atoms with Crippen molar-refractivity contribution in [3.8, 4) is 34.3 Å².